The largest absolute Gasteiger partial charge is 0.366 e. The zero-order chi connectivity index (χ0) is 21.7. The van der Waals surface area contributed by atoms with Crippen LogP contribution in [0.15, 0.2) is 48.5 Å². The van der Waals surface area contributed by atoms with Gasteiger partial charge in [-0.2, -0.15) is 0 Å². The summed E-state index contributed by atoms with van der Waals surface area (Å²) in [5, 5.41) is 3.46. The zero-order valence-corrected chi connectivity index (χ0v) is 18.0. The zero-order valence-electron chi connectivity index (χ0n) is 17.3. The van der Waals surface area contributed by atoms with Crippen LogP contribution >= 0.6 is 11.6 Å². The predicted molar refractivity (Wildman–Crippen MR) is 117 cm³/mol. The van der Waals surface area contributed by atoms with Gasteiger partial charge in [0.2, 0.25) is 5.91 Å². The van der Waals surface area contributed by atoms with E-state index in [2.05, 4.69) is 5.32 Å². The molecule has 3 rings (SSSR count). The first kappa shape index (κ1) is 22.1. The van der Waals surface area contributed by atoms with Crippen LogP contribution in [-0.4, -0.2) is 48.9 Å². The van der Waals surface area contributed by atoms with Crippen LogP contribution < -0.4 is 10.2 Å². The molecule has 2 aromatic carbocycles. The van der Waals surface area contributed by atoms with Gasteiger partial charge in [-0.25, -0.2) is 4.39 Å². The van der Waals surface area contributed by atoms with E-state index in [9.17, 15) is 14.0 Å². The van der Waals surface area contributed by atoms with Gasteiger partial charge in [0.25, 0.3) is 5.91 Å². The lowest BCUT2D eigenvalue weighted by molar-refractivity contribution is -0.134. The second kappa shape index (κ2) is 9.94. The second-order valence-electron chi connectivity index (χ2n) is 7.61. The van der Waals surface area contributed by atoms with Crippen LogP contribution in [0.1, 0.15) is 30.6 Å². The van der Waals surface area contributed by atoms with E-state index in [1.807, 2.05) is 18.7 Å². The first-order valence-corrected chi connectivity index (χ1v) is 10.6. The van der Waals surface area contributed by atoms with Crippen molar-refractivity contribution in [3.05, 3.63) is 64.9 Å². The molecule has 0 aliphatic carbocycles. The maximum Gasteiger partial charge on any atom is 0.251 e. The molecular weight excluding hydrogens is 405 g/mol. The number of carbonyl (C=O) groups excluding carboxylic acids is 2. The van der Waals surface area contributed by atoms with Gasteiger partial charge < -0.3 is 15.1 Å². The van der Waals surface area contributed by atoms with E-state index in [1.54, 1.807) is 47.4 Å². The van der Waals surface area contributed by atoms with Crippen LogP contribution in [0.3, 0.4) is 0 Å². The number of halogens is 2. The van der Waals surface area contributed by atoms with Crippen LogP contribution in [0.2, 0.25) is 5.02 Å². The lowest BCUT2D eigenvalue weighted by Gasteiger charge is -2.38. The van der Waals surface area contributed by atoms with Crippen molar-refractivity contribution in [2.24, 2.45) is 5.92 Å². The van der Waals surface area contributed by atoms with Crippen molar-refractivity contribution in [3.8, 4) is 0 Å². The van der Waals surface area contributed by atoms with E-state index < -0.39 is 6.04 Å². The number of hydrogen-bond donors (Lipinski definition) is 1. The van der Waals surface area contributed by atoms with E-state index >= 15 is 0 Å². The number of piperazine rings is 1. The molecule has 30 heavy (non-hydrogen) atoms. The summed E-state index contributed by atoms with van der Waals surface area (Å²) < 4.78 is 14.1. The molecule has 2 amide bonds. The fourth-order valence-electron chi connectivity index (χ4n) is 3.58. The summed E-state index contributed by atoms with van der Waals surface area (Å²) in [7, 11) is 0. The lowest BCUT2D eigenvalue weighted by Crippen LogP contribution is -2.56. The number of carbonyl (C=O) groups is 2. The Kier molecular flexibility index (Phi) is 7.32. The van der Waals surface area contributed by atoms with Gasteiger partial charge in [0.05, 0.1) is 5.69 Å². The average Bonchev–Trinajstić information content (AvgIpc) is 2.77. The summed E-state index contributed by atoms with van der Waals surface area (Å²) in [6.45, 7) is 6.01. The molecule has 0 bridgehead atoms. The minimum atomic E-state index is -0.613. The first-order chi connectivity index (χ1) is 14.4. The highest BCUT2D eigenvalue weighted by molar-refractivity contribution is 6.30. The summed E-state index contributed by atoms with van der Waals surface area (Å²) in [5.41, 5.74) is 1.02. The number of benzene rings is 2. The van der Waals surface area contributed by atoms with Crippen LogP contribution in [0.25, 0.3) is 0 Å². The Labute approximate surface area is 181 Å². The predicted octanol–water partition coefficient (Wildman–Crippen LogP) is 3.97. The Balaban J connectivity index is 1.66. The van der Waals surface area contributed by atoms with Gasteiger partial charge in [0.1, 0.15) is 11.9 Å². The smallest absolute Gasteiger partial charge is 0.251 e. The Morgan fingerprint density at radius 2 is 1.70 bits per heavy atom. The molecule has 7 heteroatoms. The molecule has 1 aliphatic rings. The summed E-state index contributed by atoms with van der Waals surface area (Å²) in [6, 6.07) is 12.6. The SMILES string of the molecule is CCC(C)C(NC(=O)c1ccc(Cl)cc1)C(=O)N1CCN(c2ccccc2F)CC1. The van der Waals surface area contributed by atoms with Crippen LogP contribution in [0, 0.1) is 11.7 Å². The minimum Gasteiger partial charge on any atom is -0.366 e. The number of hydrogen-bond acceptors (Lipinski definition) is 3. The molecule has 1 fully saturated rings. The number of nitrogens with one attached hydrogen (secondary N) is 1. The standard InChI is InChI=1S/C23H27ClFN3O2/c1-3-16(2)21(26-22(29)17-8-10-18(24)11-9-17)23(30)28-14-12-27(13-15-28)20-7-5-4-6-19(20)25/h4-11,16,21H,3,12-15H2,1-2H3,(H,26,29). The van der Waals surface area contributed by atoms with Crippen molar-refractivity contribution in [3.63, 3.8) is 0 Å². The molecule has 1 aliphatic heterocycles. The number of nitrogens with zero attached hydrogens (tertiary/aromatic N) is 2. The fraction of sp³-hybridized carbons (Fsp3) is 0.391. The molecule has 1 heterocycles. The van der Waals surface area contributed by atoms with E-state index in [4.69, 9.17) is 11.6 Å². The summed E-state index contributed by atoms with van der Waals surface area (Å²) in [5.74, 6) is -0.668. The van der Waals surface area contributed by atoms with Crippen LogP contribution in [-0.2, 0) is 4.79 Å². The third-order valence-corrected chi connectivity index (χ3v) is 5.91. The summed E-state index contributed by atoms with van der Waals surface area (Å²) in [6.07, 6.45) is 0.756. The van der Waals surface area contributed by atoms with Crippen molar-refractivity contribution in [1.82, 2.24) is 10.2 Å². The molecule has 5 nitrogen and oxygen atoms in total. The second-order valence-corrected chi connectivity index (χ2v) is 8.04. The molecule has 1 saturated heterocycles. The van der Waals surface area contributed by atoms with Gasteiger partial charge in [-0.05, 0) is 42.3 Å². The normalized spacial score (nSPS) is 16.1. The van der Waals surface area contributed by atoms with E-state index in [0.717, 1.165) is 6.42 Å². The molecule has 2 aromatic rings. The molecule has 0 radical (unpaired) electrons. The number of rotatable bonds is 6. The average molecular weight is 432 g/mol. The van der Waals surface area contributed by atoms with Gasteiger partial charge in [-0.3, -0.25) is 9.59 Å². The Hall–Kier alpha value is -2.60. The lowest BCUT2D eigenvalue weighted by atomic mass is 9.97. The molecule has 2 unspecified atom stereocenters. The number of para-hydroxylation sites is 1. The van der Waals surface area contributed by atoms with Crippen molar-refractivity contribution in [2.45, 2.75) is 26.3 Å². The fourth-order valence-corrected chi connectivity index (χ4v) is 3.71. The molecule has 0 spiro atoms. The number of amides is 2. The quantitative estimate of drug-likeness (QED) is 0.752. The van der Waals surface area contributed by atoms with Gasteiger partial charge in [-0.1, -0.05) is 44.0 Å². The Bertz CT molecular complexity index is 882. The highest BCUT2D eigenvalue weighted by Gasteiger charge is 2.32. The van der Waals surface area contributed by atoms with Crippen LogP contribution in [0.4, 0.5) is 10.1 Å². The van der Waals surface area contributed by atoms with E-state index in [1.165, 1.54) is 6.07 Å². The van der Waals surface area contributed by atoms with Gasteiger partial charge in [0, 0.05) is 36.8 Å². The highest BCUT2D eigenvalue weighted by Crippen LogP contribution is 2.21. The van der Waals surface area contributed by atoms with Crippen LogP contribution in [0.5, 0.6) is 0 Å². The minimum absolute atomic E-state index is 0.0154. The Morgan fingerprint density at radius 1 is 1.07 bits per heavy atom. The van der Waals surface area contributed by atoms with Crippen molar-refractivity contribution in [2.75, 3.05) is 31.1 Å². The highest BCUT2D eigenvalue weighted by atomic mass is 35.5. The molecule has 160 valence electrons. The Morgan fingerprint density at radius 3 is 2.30 bits per heavy atom. The molecule has 2 atom stereocenters. The molecule has 1 N–H and O–H groups in total. The van der Waals surface area contributed by atoms with Gasteiger partial charge in [0.15, 0.2) is 0 Å². The summed E-state index contributed by atoms with van der Waals surface area (Å²) >= 11 is 5.89. The third-order valence-electron chi connectivity index (χ3n) is 5.66. The third kappa shape index (κ3) is 5.11. The van der Waals surface area contributed by atoms with Crippen molar-refractivity contribution in [1.29, 1.82) is 0 Å². The molecular formula is C23H27ClFN3O2. The van der Waals surface area contributed by atoms with Gasteiger partial charge >= 0.3 is 0 Å². The van der Waals surface area contributed by atoms with Crippen molar-refractivity contribution < 1.29 is 14.0 Å². The topological polar surface area (TPSA) is 52.7 Å². The molecule has 0 aromatic heterocycles. The number of anilines is 1. The first-order valence-electron chi connectivity index (χ1n) is 10.3. The maximum absolute atomic E-state index is 14.1. The van der Waals surface area contributed by atoms with Crippen molar-refractivity contribution >= 4 is 29.1 Å². The van der Waals surface area contributed by atoms with E-state index in [0.29, 0.717) is 42.5 Å². The van der Waals surface area contributed by atoms with E-state index in [-0.39, 0.29) is 23.5 Å². The monoisotopic (exact) mass is 431 g/mol. The summed E-state index contributed by atoms with van der Waals surface area (Å²) in [4.78, 5) is 29.6. The molecule has 0 saturated carbocycles. The maximum atomic E-state index is 14.1. The van der Waals surface area contributed by atoms with Gasteiger partial charge in [-0.15, -0.1) is 0 Å².